The number of amides is 1. The van der Waals surface area contributed by atoms with Crippen molar-refractivity contribution in [1.29, 1.82) is 0 Å². The van der Waals surface area contributed by atoms with Gasteiger partial charge < -0.3 is 20.1 Å². The number of likely N-dealkylation sites (tertiary alicyclic amines) is 1. The molecule has 1 fully saturated rings. The fraction of sp³-hybridized carbons (Fsp3) is 0.345. The van der Waals surface area contributed by atoms with Crippen molar-refractivity contribution in [2.75, 3.05) is 31.6 Å². The number of ether oxygens (including phenoxy) is 1. The van der Waals surface area contributed by atoms with Crippen molar-refractivity contribution in [3.63, 3.8) is 0 Å². The van der Waals surface area contributed by atoms with Crippen LogP contribution in [0.4, 0.5) is 18.9 Å². The number of hydrogen-bond donors (Lipinski definition) is 2. The highest BCUT2D eigenvalue weighted by atomic mass is 19.4. The van der Waals surface area contributed by atoms with Crippen LogP contribution < -0.4 is 10.1 Å². The molecule has 0 aromatic heterocycles. The first kappa shape index (κ1) is 26.7. The molecule has 4 rings (SSSR count). The van der Waals surface area contributed by atoms with Crippen molar-refractivity contribution < 1.29 is 27.8 Å². The van der Waals surface area contributed by atoms with Gasteiger partial charge in [0, 0.05) is 12.2 Å². The number of nitrogens with zero attached hydrogens (tertiary/aromatic N) is 1. The maximum Gasteiger partial charge on any atom is 0.416 e. The number of halogens is 3. The van der Waals surface area contributed by atoms with Gasteiger partial charge in [0.1, 0.15) is 18.5 Å². The molecule has 2 N–H and O–H groups in total. The summed E-state index contributed by atoms with van der Waals surface area (Å²) in [5.41, 5.74) is 0.714. The highest BCUT2D eigenvalue weighted by Gasteiger charge is 2.30. The van der Waals surface area contributed by atoms with Gasteiger partial charge in [-0.1, -0.05) is 48.5 Å². The van der Waals surface area contributed by atoms with Crippen molar-refractivity contribution in [3.8, 4) is 5.75 Å². The highest BCUT2D eigenvalue weighted by Crippen LogP contribution is 2.31. The Labute approximate surface area is 214 Å². The summed E-state index contributed by atoms with van der Waals surface area (Å²) in [7, 11) is 0. The summed E-state index contributed by atoms with van der Waals surface area (Å²) in [6, 6.07) is 21.4. The lowest BCUT2D eigenvalue weighted by Crippen LogP contribution is -2.41. The quantitative estimate of drug-likeness (QED) is 0.389. The molecule has 0 radical (unpaired) electrons. The Bertz CT molecular complexity index is 1160. The first-order valence-electron chi connectivity index (χ1n) is 12.4. The van der Waals surface area contributed by atoms with Crippen LogP contribution in [-0.4, -0.2) is 48.3 Å². The van der Waals surface area contributed by atoms with E-state index < -0.39 is 23.8 Å². The zero-order valence-electron chi connectivity index (χ0n) is 20.5. The number of aliphatic hydroxyl groups excluding tert-OH is 1. The standard InChI is InChI=1S/C29H31F3N2O3/c30-29(31,32)23-9-6-10-24(18-23)33-28(36)26-11-4-5-12-27(26)37-20-25(35)19-34-15-13-22(14-16-34)17-21-7-2-1-3-8-21/h1-12,18,22,25,35H,13-17,19-20H2,(H,33,36). The molecular weight excluding hydrogens is 481 g/mol. The predicted octanol–water partition coefficient (Wildman–Crippen LogP) is 5.65. The van der Waals surface area contributed by atoms with Crippen molar-refractivity contribution >= 4 is 11.6 Å². The van der Waals surface area contributed by atoms with Gasteiger partial charge in [0.05, 0.1) is 11.1 Å². The molecule has 3 aromatic carbocycles. The Kier molecular flexibility index (Phi) is 8.84. The maximum absolute atomic E-state index is 13.0. The fourth-order valence-electron chi connectivity index (χ4n) is 4.61. The Morgan fingerprint density at radius 3 is 2.43 bits per heavy atom. The average molecular weight is 513 g/mol. The molecule has 37 heavy (non-hydrogen) atoms. The van der Waals surface area contributed by atoms with E-state index in [0.717, 1.165) is 44.5 Å². The van der Waals surface area contributed by atoms with E-state index in [9.17, 15) is 23.1 Å². The van der Waals surface area contributed by atoms with Crippen LogP contribution in [0.25, 0.3) is 0 Å². The summed E-state index contributed by atoms with van der Waals surface area (Å²) in [6.45, 7) is 2.28. The van der Waals surface area contributed by atoms with Gasteiger partial charge in [-0.25, -0.2) is 0 Å². The lowest BCUT2D eigenvalue weighted by atomic mass is 9.90. The number of carbonyl (C=O) groups is 1. The van der Waals surface area contributed by atoms with Gasteiger partial charge in [-0.05, 0) is 74.2 Å². The van der Waals surface area contributed by atoms with E-state index in [0.29, 0.717) is 12.5 Å². The second-order valence-electron chi connectivity index (χ2n) is 9.43. The second-order valence-corrected chi connectivity index (χ2v) is 9.43. The van der Waals surface area contributed by atoms with Crippen molar-refractivity contribution in [1.82, 2.24) is 4.90 Å². The normalized spacial score (nSPS) is 15.8. The first-order valence-corrected chi connectivity index (χ1v) is 12.4. The van der Waals surface area contributed by atoms with Gasteiger partial charge in [0.2, 0.25) is 0 Å². The fourth-order valence-corrected chi connectivity index (χ4v) is 4.61. The summed E-state index contributed by atoms with van der Waals surface area (Å²) in [4.78, 5) is 15.0. The predicted molar refractivity (Wildman–Crippen MR) is 137 cm³/mol. The van der Waals surface area contributed by atoms with E-state index in [1.54, 1.807) is 18.2 Å². The van der Waals surface area contributed by atoms with Gasteiger partial charge in [-0.15, -0.1) is 0 Å². The number of nitrogens with one attached hydrogen (secondary N) is 1. The average Bonchev–Trinajstić information content (AvgIpc) is 2.89. The molecule has 3 aromatic rings. The van der Waals surface area contributed by atoms with E-state index in [4.69, 9.17) is 4.74 Å². The van der Waals surface area contributed by atoms with E-state index >= 15 is 0 Å². The van der Waals surface area contributed by atoms with Crippen LogP contribution in [0.1, 0.15) is 34.3 Å². The minimum Gasteiger partial charge on any atom is -0.490 e. The Balaban J connectivity index is 1.27. The molecule has 5 nitrogen and oxygen atoms in total. The van der Waals surface area contributed by atoms with Crippen molar-refractivity contribution in [2.45, 2.75) is 31.5 Å². The van der Waals surface area contributed by atoms with Crippen LogP contribution in [0.15, 0.2) is 78.9 Å². The molecule has 0 saturated carbocycles. The van der Waals surface area contributed by atoms with Gasteiger partial charge in [0.15, 0.2) is 0 Å². The largest absolute Gasteiger partial charge is 0.490 e. The maximum atomic E-state index is 13.0. The van der Waals surface area contributed by atoms with Crippen LogP contribution >= 0.6 is 0 Å². The summed E-state index contributed by atoms with van der Waals surface area (Å²) in [5, 5.41) is 13.1. The number of carbonyl (C=O) groups excluding carboxylic acids is 1. The molecule has 0 bridgehead atoms. The number of rotatable bonds is 9. The number of hydrogen-bond acceptors (Lipinski definition) is 4. The highest BCUT2D eigenvalue weighted by molar-refractivity contribution is 6.06. The topological polar surface area (TPSA) is 61.8 Å². The molecule has 0 aliphatic carbocycles. The molecule has 1 aliphatic rings. The molecular formula is C29H31F3N2O3. The van der Waals surface area contributed by atoms with E-state index in [1.807, 2.05) is 6.07 Å². The number of alkyl halides is 3. The lowest BCUT2D eigenvalue weighted by Gasteiger charge is -2.33. The van der Waals surface area contributed by atoms with Crippen LogP contribution in [0.2, 0.25) is 0 Å². The molecule has 1 saturated heterocycles. The van der Waals surface area contributed by atoms with Gasteiger partial charge in [-0.3, -0.25) is 4.79 Å². The number of anilines is 1. The number of β-amino-alcohol motifs (C(OH)–C–C–N with tert-alkyl or cyclic N) is 1. The third-order valence-electron chi connectivity index (χ3n) is 6.55. The minimum atomic E-state index is -4.50. The summed E-state index contributed by atoms with van der Waals surface area (Å²) < 4.78 is 44.7. The number of para-hydroxylation sites is 1. The van der Waals surface area contributed by atoms with Crippen molar-refractivity contribution in [2.24, 2.45) is 5.92 Å². The smallest absolute Gasteiger partial charge is 0.416 e. The van der Waals surface area contributed by atoms with E-state index in [2.05, 4.69) is 34.5 Å². The Morgan fingerprint density at radius 1 is 1.00 bits per heavy atom. The molecule has 0 spiro atoms. The number of piperidine rings is 1. The zero-order valence-corrected chi connectivity index (χ0v) is 20.5. The Hall–Kier alpha value is -3.36. The van der Waals surface area contributed by atoms with Crippen LogP contribution in [0.5, 0.6) is 5.75 Å². The minimum absolute atomic E-state index is 0.00219. The lowest BCUT2D eigenvalue weighted by molar-refractivity contribution is -0.137. The second kappa shape index (κ2) is 12.3. The van der Waals surface area contributed by atoms with Gasteiger partial charge >= 0.3 is 6.18 Å². The molecule has 8 heteroatoms. The first-order chi connectivity index (χ1) is 17.8. The Morgan fingerprint density at radius 2 is 1.70 bits per heavy atom. The number of aliphatic hydroxyl groups is 1. The van der Waals surface area contributed by atoms with Gasteiger partial charge in [0.25, 0.3) is 5.91 Å². The van der Waals surface area contributed by atoms with Crippen LogP contribution in [0.3, 0.4) is 0 Å². The monoisotopic (exact) mass is 512 g/mol. The molecule has 1 heterocycles. The third-order valence-corrected chi connectivity index (χ3v) is 6.55. The summed E-state index contributed by atoms with van der Waals surface area (Å²) in [6.07, 6.45) is -2.04. The molecule has 196 valence electrons. The molecule has 1 amide bonds. The summed E-state index contributed by atoms with van der Waals surface area (Å²) >= 11 is 0. The SMILES string of the molecule is O=C(Nc1cccc(C(F)(F)F)c1)c1ccccc1OCC(O)CN1CCC(Cc2ccccc2)CC1. The van der Waals surface area contributed by atoms with Gasteiger partial charge in [-0.2, -0.15) is 13.2 Å². The zero-order chi connectivity index (χ0) is 26.3. The van der Waals surface area contributed by atoms with E-state index in [1.165, 1.54) is 23.8 Å². The van der Waals surface area contributed by atoms with Crippen molar-refractivity contribution in [3.05, 3.63) is 95.6 Å². The molecule has 1 unspecified atom stereocenters. The number of benzene rings is 3. The molecule has 1 aliphatic heterocycles. The third kappa shape index (κ3) is 7.81. The van der Waals surface area contributed by atoms with E-state index in [-0.39, 0.29) is 23.6 Å². The van der Waals surface area contributed by atoms with Crippen LogP contribution in [-0.2, 0) is 12.6 Å². The molecule has 1 atom stereocenters. The summed E-state index contributed by atoms with van der Waals surface area (Å²) in [5.74, 6) is 0.298. The van der Waals surface area contributed by atoms with Crippen LogP contribution in [0, 0.1) is 5.92 Å².